The number of aliphatic hydroxyl groups is 2. The number of rotatable bonds is 10. The van der Waals surface area contributed by atoms with Crippen LogP contribution in [-0.2, 0) is 38.1 Å². The number of esters is 4. The summed E-state index contributed by atoms with van der Waals surface area (Å²) in [6.45, 7) is 16.1. The summed E-state index contributed by atoms with van der Waals surface area (Å²) in [5.74, 6) is 3.19. The normalized spacial score (nSPS) is 44.5. The van der Waals surface area contributed by atoms with Crippen LogP contribution < -0.4 is 0 Å². The molecule has 10 aliphatic carbocycles. The predicted octanol–water partition coefficient (Wildman–Crippen LogP) is 7.87. The van der Waals surface area contributed by atoms with Crippen molar-refractivity contribution in [2.24, 2.45) is 64.6 Å². The third-order valence-corrected chi connectivity index (χ3v) is 16.7. The largest absolute Gasteiger partial charge is 0.459 e. The number of hydrogen-bond acceptors (Lipinski definition) is 10. The Bertz CT molecular complexity index is 1460. The molecular weight excluding hydrogens is 712 g/mol. The molecule has 1 heterocycles. The van der Waals surface area contributed by atoms with E-state index in [9.17, 15) is 29.4 Å². The van der Waals surface area contributed by atoms with Crippen molar-refractivity contribution in [2.45, 2.75) is 199 Å². The average Bonchev–Trinajstić information content (AvgIpc) is 3.74. The van der Waals surface area contributed by atoms with Gasteiger partial charge in [0, 0.05) is 36.5 Å². The Hall–Kier alpha value is -2.20. The minimum Gasteiger partial charge on any atom is -0.459 e. The van der Waals surface area contributed by atoms with Gasteiger partial charge >= 0.3 is 23.9 Å². The van der Waals surface area contributed by atoms with Crippen molar-refractivity contribution in [1.82, 2.24) is 0 Å². The first-order valence-corrected chi connectivity index (χ1v) is 22.6. The van der Waals surface area contributed by atoms with E-state index < -0.39 is 16.8 Å². The third kappa shape index (κ3) is 7.81. The zero-order valence-corrected chi connectivity index (χ0v) is 35.6. The molecule has 0 amide bonds. The van der Waals surface area contributed by atoms with E-state index in [0.29, 0.717) is 31.1 Å². The van der Waals surface area contributed by atoms with Crippen LogP contribution in [0.5, 0.6) is 0 Å². The maximum Gasteiger partial charge on any atom is 0.309 e. The van der Waals surface area contributed by atoms with Gasteiger partial charge in [-0.25, -0.2) is 0 Å². The summed E-state index contributed by atoms with van der Waals surface area (Å²) in [7, 11) is 0. The Balaban J connectivity index is 0.000000129. The highest BCUT2D eigenvalue weighted by atomic mass is 16.6. The van der Waals surface area contributed by atoms with Gasteiger partial charge < -0.3 is 29.2 Å². The van der Waals surface area contributed by atoms with Gasteiger partial charge in [0.15, 0.2) is 0 Å². The Morgan fingerprint density at radius 3 is 1.75 bits per heavy atom. The van der Waals surface area contributed by atoms with Gasteiger partial charge in [-0.05, 0) is 127 Å². The molecule has 10 heteroatoms. The maximum atomic E-state index is 12.3. The smallest absolute Gasteiger partial charge is 0.309 e. The fraction of sp³-hybridized carbons (Fsp3) is 0.913. The number of ether oxygens (including phenoxy) is 4. The Morgan fingerprint density at radius 1 is 0.714 bits per heavy atom. The molecule has 0 aromatic carbocycles. The van der Waals surface area contributed by atoms with Gasteiger partial charge in [0.1, 0.15) is 23.4 Å². The van der Waals surface area contributed by atoms with E-state index in [2.05, 4.69) is 20.8 Å². The summed E-state index contributed by atoms with van der Waals surface area (Å²) in [5, 5.41) is 21.2. The summed E-state index contributed by atoms with van der Waals surface area (Å²) >= 11 is 0. The number of hydrogen-bond donors (Lipinski definition) is 2. The van der Waals surface area contributed by atoms with E-state index in [0.717, 1.165) is 69.1 Å². The Kier molecular flexibility index (Phi) is 11.3. The lowest BCUT2D eigenvalue weighted by Gasteiger charge is -2.62. The van der Waals surface area contributed by atoms with Crippen LogP contribution in [0.3, 0.4) is 0 Å². The van der Waals surface area contributed by atoms with Gasteiger partial charge in [0.2, 0.25) is 0 Å². The van der Waals surface area contributed by atoms with Gasteiger partial charge in [-0.1, -0.05) is 41.5 Å². The average molecular weight is 785 g/mol. The number of carbonyl (C=O) groups excluding carboxylic acids is 4. The lowest BCUT2D eigenvalue weighted by Crippen LogP contribution is -2.67. The summed E-state index contributed by atoms with van der Waals surface area (Å²) in [6, 6.07) is 0. The van der Waals surface area contributed by atoms with Crippen LogP contribution in [0.25, 0.3) is 0 Å². The predicted molar refractivity (Wildman–Crippen MR) is 209 cm³/mol. The van der Waals surface area contributed by atoms with Crippen molar-refractivity contribution < 1.29 is 48.3 Å². The van der Waals surface area contributed by atoms with E-state index in [4.69, 9.17) is 18.9 Å². The summed E-state index contributed by atoms with van der Waals surface area (Å²) in [6.07, 6.45) is 15.9. The van der Waals surface area contributed by atoms with Crippen LogP contribution in [0.1, 0.15) is 165 Å². The molecule has 10 unspecified atom stereocenters. The minimum absolute atomic E-state index is 0.00763. The van der Waals surface area contributed by atoms with Gasteiger partial charge in [-0.15, -0.1) is 0 Å². The van der Waals surface area contributed by atoms with Gasteiger partial charge in [0.25, 0.3) is 0 Å². The van der Waals surface area contributed by atoms with Gasteiger partial charge in [0.05, 0.1) is 34.9 Å². The van der Waals surface area contributed by atoms with Gasteiger partial charge in [-0.3, -0.25) is 19.2 Å². The van der Waals surface area contributed by atoms with Crippen molar-refractivity contribution in [1.29, 1.82) is 0 Å². The van der Waals surface area contributed by atoms with E-state index in [1.54, 1.807) is 0 Å². The fourth-order valence-corrected chi connectivity index (χ4v) is 13.8. The molecule has 0 radical (unpaired) electrons. The molecular formula is C46H72O10. The van der Waals surface area contributed by atoms with Crippen LogP contribution >= 0.6 is 0 Å². The molecule has 0 spiro atoms. The summed E-state index contributed by atoms with van der Waals surface area (Å²) in [5.41, 5.74) is -2.30. The molecule has 2 N–H and O–H groups in total. The molecule has 1 aliphatic heterocycles. The highest BCUT2D eigenvalue weighted by Gasteiger charge is 2.65. The van der Waals surface area contributed by atoms with Crippen LogP contribution in [0.4, 0.5) is 0 Å². The van der Waals surface area contributed by atoms with Crippen molar-refractivity contribution in [3.8, 4) is 0 Å². The van der Waals surface area contributed by atoms with E-state index in [1.807, 2.05) is 34.6 Å². The van der Waals surface area contributed by atoms with Crippen LogP contribution in [0.15, 0.2) is 0 Å². The van der Waals surface area contributed by atoms with Gasteiger partial charge in [-0.2, -0.15) is 0 Å². The topological polar surface area (TPSA) is 146 Å². The van der Waals surface area contributed by atoms with Crippen molar-refractivity contribution in [3.63, 3.8) is 0 Å². The first-order chi connectivity index (χ1) is 26.2. The monoisotopic (exact) mass is 785 g/mol. The lowest BCUT2D eigenvalue weighted by molar-refractivity contribution is -0.262. The minimum atomic E-state index is -0.829. The molecule has 10 nitrogen and oxygen atoms in total. The van der Waals surface area contributed by atoms with E-state index in [-0.39, 0.29) is 76.7 Å². The van der Waals surface area contributed by atoms with Crippen LogP contribution in [0, 0.1) is 64.6 Å². The molecule has 0 aromatic heterocycles. The highest BCUT2D eigenvalue weighted by molar-refractivity contribution is 5.77. The number of carbonyl (C=O) groups is 4. The zero-order chi connectivity index (χ0) is 40.6. The van der Waals surface area contributed by atoms with E-state index >= 15 is 0 Å². The fourth-order valence-electron chi connectivity index (χ4n) is 13.8. The molecule has 0 aromatic rings. The standard InChI is InChI=1S/C18H30O2.C15H24O4.C13H18O4/c1-5-12(2)16(19)20-17(3,4)18-9-13-6-14(10-18)8-15(7-13)11-18;1-3-10(2)12(16)19-15-6-11-4-13(17,8-15)7-14(18,5-11)9-15;1-3-6(2)12(14)16-10-7-4-8-9(5-7)13(15)17-11(8)10/h12-15H,5-11H2,1-4H3;10-11,17-18H,3-9H2,1-2H3;6-11H,3-5H2,1-2H3. The SMILES string of the molecule is CCC(C)C(=O)OC(C)(C)C12CC3CC(CC(C3)C1)C2.CCC(C)C(=O)OC12CC3CC(O)(CC(O)(C3)C1)C2.CCC(C)C(=O)OC1C2CC3C(=O)OC1C3C2. The lowest BCUT2D eigenvalue weighted by atomic mass is 9.46. The Morgan fingerprint density at radius 2 is 1.23 bits per heavy atom. The molecule has 11 fully saturated rings. The summed E-state index contributed by atoms with van der Waals surface area (Å²) < 4.78 is 22.7. The summed E-state index contributed by atoms with van der Waals surface area (Å²) in [4.78, 5) is 47.7. The first kappa shape index (κ1) is 41.9. The zero-order valence-electron chi connectivity index (χ0n) is 35.6. The molecule has 11 rings (SSSR count). The molecule has 10 saturated carbocycles. The molecule has 316 valence electrons. The molecule has 11 aliphatic rings. The maximum absolute atomic E-state index is 12.3. The van der Waals surface area contributed by atoms with Crippen molar-refractivity contribution >= 4 is 23.9 Å². The second-order valence-corrected chi connectivity index (χ2v) is 21.4. The quantitative estimate of drug-likeness (QED) is 0.166. The Labute approximate surface area is 335 Å². The number of fused-ring (bicyclic) bond motifs is 1. The van der Waals surface area contributed by atoms with Crippen molar-refractivity contribution in [2.75, 3.05) is 0 Å². The van der Waals surface area contributed by atoms with Crippen LogP contribution in [-0.4, -0.2) is 68.7 Å². The molecule has 10 atom stereocenters. The second kappa shape index (κ2) is 15.1. The molecule has 56 heavy (non-hydrogen) atoms. The molecule has 10 bridgehead atoms. The van der Waals surface area contributed by atoms with E-state index in [1.165, 1.54) is 38.5 Å². The highest BCUT2D eigenvalue weighted by Crippen LogP contribution is 2.65. The van der Waals surface area contributed by atoms with Crippen LogP contribution in [0.2, 0.25) is 0 Å². The second-order valence-electron chi connectivity index (χ2n) is 21.4. The first-order valence-electron chi connectivity index (χ1n) is 22.6. The van der Waals surface area contributed by atoms with Crippen molar-refractivity contribution in [3.05, 3.63) is 0 Å². The molecule has 1 saturated heterocycles. The third-order valence-electron chi connectivity index (χ3n) is 16.7.